The summed E-state index contributed by atoms with van der Waals surface area (Å²) >= 11 is 0. The van der Waals surface area contributed by atoms with Crippen LogP contribution in [-0.4, -0.2) is 98.3 Å². The fourth-order valence-corrected chi connectivity index (χ4v) is 11.0. The predicted molar refractivity (Wildman–Crippen MR) is 324 cm³/mol. The first-order chi connectivity index (χ1) is 37.0. The topological polar surface area (TPSA) is 313 Å². The Morgan fingerprint density at radius 1 is 0.542 bits per heavy atom. The van der Waals surface area contributed by atoms with E-state index in [9.17, 15) is 38.1 Å². The van der Waals surface area contributed by atoms with Gasteiger partial charge in [-0.15, -0.1) is 5.10 Å². The summed E-state index contributed by atoms with van der Waals surface area (Å²) in [6.07, 6.45) is 0. The maximum absolute atomic E-state index is 14.8. The van der Waals surface area contributed by atoms with Gasteiger partial charge in [-0.05, 0) is 97.7 Å². The largest absolute Gasteiger partial charge is 1.00 e. The molecule has 446 valence electrons. The number of aromatic amines is 1. The number of hydrogen-bond donors (Lipinski definition) is 7. The quantitative estimate of drug-likeness (QED) is 0.0293. The Morgan fingerprint density at radius 3 is 1.22 bits per heavy atom. The van der Waals surface area contributed by atoms with Gasteiger partial charge < -0.3 is 42.3 Å². The number of aromatic hydroxyl groups is 3. The summed E-state index contributed by atoms with van der Waals surface area (Å²) in [7, 11) is -0.101. The average molecular weight is 1170 g/mol. The Bertz CT molecular complexity index is 3330. The zero-order valence-corrected chi connectivity index (χ0v) is 54.7. The Balaban J connectivity index is 0.000000676. The van der Waals surface area contributed by atoms with Crippen molar-refractivity contribution >= 4 is 27.6 Å². The Labute approximate surface area is 513 Å². The van der Waals surface area contributed by atoms with E-state index < -0.39 is 54.6 Å². The Hall–Kier alpha value is -6.77. The summed E-state index contributed by atoms with van der Waals surface area (Å²) in [6.45, 7) is 35.7. The van der Waals surface area contributed by atoms with Crippen molar-refractivity contribution < 1.29 is 67.7 Å². The molecule has 4 aromatic carbocycles. The molecule has 22 heteroatoms. The molecule has 0 aliphatic rings. The third-order valence-corrected chi connectivity index (χ3v) is 15.7. The summed E-state index contributed by atoms with van der Waals surface area (Å²) in [4.78, 5) is 42.4. The molecule has 0 saturated carbocycles. The van der Waals surface area contributed by atoms with Crippen molar-refractivity contribution in [2.45, 2.75) is 181 Å². The third kappa shape index (κ3) is 16.3. The van der Waals surface area contributed by atoms with Crippen LogP contribution in [0.1, 0.15) is 198 Å². The van der Waals surface area contributed by atoms with E-state index in [-0.39, 0.29) is 87.2 Å². The second-order valence-corrected chi connectivity index (χ2v) is 28.2. The van der Waals surface area contributed by atoms with Gasteiger partial charge >= 0.3 is 29.6 Å². The molecular weight excluding hydrogens is 1080 g/mol. The molecular formula is C61H87N12NaO8S. The maximum Gasteiger partial charge on any atom is 1.00 e. The number of benzene rings is 4. The minimum Gasteiger partial charge on any atom is -0.507 e. The number of rotatable bonds is 10. The van der Waals surface area contributed by atoms with Gasteiger partial charge in [0.25, 0.3) is 11.8 Å². The molecule has 0 fully saturated rings. The second-order valence-electron chi connectivity index (χ2n) is 26.1. The molecule has 2 heterocycles. The Kier molecular flexibility index (Phi) is 23.4. The minimum atomic E-state index is -4.48. The first-order valence-electron chi connectivity index (χ1n) is 26.5. The molecule has 0 radical (unpaired) electrons. The van der Waals surface area contributed by atoms with Gasteiger partial charge in [-0.25, -0.2) is 8.42 Å². The fourth-order valence-electron chi connectivity index (χ4n) is 9.20. The van der Waals surface area contributed by atoms with Crippen LogP contribution >= 0.6 is 0 Å². The Morgan fingerprint density at radius 2 is 0.880 bits per heavy atom. The summed E-state index contributed by atoms with van der Waals surface area (Å²) < 4.78 is 29.5. The zero-order valence-electron chi connectivity index (χ0n) is 51.9. The molecule has 0 bridgehead atoms. The van der Waals surface area contributed by atoms with Gasteiger partial charge in [-0.2, -0.15) is 25.3 Å². The van der Waals surface area contributed by atoms with Crippen molar-refractivity contribution in [3.63, 3.8) is 0 Å². The number of phenolic OH excluding ortho intramolecular Hbond substituents is 3. The molecule has 7 N–H and O–H groups in total. The molecule has 0 aliphatic carbocycles. The molecule has 6 rings (SSSR count). The summed E-state index contributed by atoms with van der Waals surface area (Å²) in [5.41, 5.74) is 17.0. The SMILES string of the molecule is C.CNC(=O)c1n[nH]nc1-c1cc(C(C)(C)C)c(O)c(C(C)(C)C)c1.CNC(=O)c1nn(C(c2cc(C(C)(C)C)c(O)c(C(C)(C)C)c2)[C@H](C(=O)NC)S(=O)(=O)c2ccccc2)nc1-c1cc(C(C)(C)C)c(O)c(C(C)(C)C)c1.[N-]=[N+]=[N-].[Na+]. The van der Waals surface area contributed by atoms with Crippen molar-refractivity contribution in [3.05, 3.63) is 133 Å². The smallest absolute Gasteiger partial charge is 0.507 e. The number of nitrogens with one attached hydrogen (secondary N) is 4. The van der Waals surface area contributed by atoms with Crippen LogP contribution in [0.25, 0.3) is 38.5 Å². The monoisotopic (exact) mass is 1170 g/mol. The van der Waals surface area contributed by atoms with Crippen LogP contribution in [-0.2, 0) is 47.1 Å². The van der Waals surface area contributed by atoms with Crippen LogP contribution < -0.4 is 45.5 Å². The van der Waals surface area contributed by atoms with E-state index in [1.165, 1.54) is 31.1 Å². The number of aromatic nitrogens is 6. The van der Waals surface area contributed by atoms with Gasteiger partial charge in [-0.1, -0.05) is 150 Å². The van der Waals surface area contributed by atoms with Crippen molar-refractivity contribution in [1.29, 1.82) is 0 Å². The summed E-state index contributed by atoms with van der Waals surface area (Å²) in [5, 5.41) is 60.1. The first kappa shape index (κ1) is 72.3. The molecule has 2 atom stereocenters. The van der Waals surface area contributed by atoms with Gasteiger partial charge in [0, 0.05) is 54.5 Å². The number of nitrogens with zero attached hydrogens (tertiary/aromatic N) is 8. The molecule has 83 heavy (non-hydrogen) atoms. The standard InChI is InChI=1S/C42H57N5O6S.C18H26N4O2.CH4.N3.Na/c1-39(2,3)27-20-24(21-28(34(27)48)40(4,5)6)31-32(37(50)43-13)46-47(45-31)33(36(38(51)44-14)54(52,53)26-18-16-15-17-19-26)25-22-29(41(7,8)9)35(49)30(23-25)42(10,11)12;1-17(2,3)11-8-10(9-12(15(11)23)18(4,5)6)13-14(16(24)19-7)21-22-20-13;;1-3-2;/h15-23,33,36,48-49H,1-14H3,(H,43,50)(H,44,51);8-9,23H,1-7H3,(H,19,24)(H,20,21,22);1H4;;/q;;;-1;+1/t33?,36-;;;;/m1..../s1. The van der Waals surface area contributed by atoms with Crippen molar-refractivity contribution in [2.75, 3.05) is 21.1 Å². The summed E-state index contributed by atoms with van der Waals surface area (Å²) in [5.74, 6) is -1.22. The van der Waals surface area contributed by atoms with Crippen molar-refractivity contribution in [2.24, 2.45) is 0 Å². The number of hydrogen-bond acceptors (Lipinski definition) is 12. The summed E-state index contributed by atoms with van der Waals surface area (Å²) in [6, 6.07) is 17.0. The molecule has 20 nitrogen and oxygen atoms in total. The predicted octanol–water partition coefficient (Wildman–Crippen LogP) is 8.72. The third-order valence-electron chi connectivity index (χ3n) is 13.6. The van der Waals surface area contributed by atoms with Crippen LogP contribution in [0.15, 0.2) is 71.6 Å². The van der Waals surface area contributed by atoms with Crippen molar-refractivity contribution in [3.8, 4) is 39.8 Å². The molecule has 3 amide bonds. The van der Waals surface area contributed by atoms with E-state index in [1.807, 2.05) is 137 Å². The zero-order chi connectivity index (χ0) is 61.9. The van der Waals surface area contributed by atoms with Gasteiger partial charge in [-0.3, -0.25) is 19.3 Å². The van der Waals surface area contributed by atoms with Crippen molar-refractivity contribution in [1.82, 2.24) is 46.4 Å². The first-order valence-corrected chi connectivity index (χ1v) is 28.0. The molecule has 0 saturated heterocycles. The number of sulfone groups is 1. The fraction of sp³-hybridized carbons (Fsp3) is 0.492. The molecule has 0 aliphatic heterocycles. The molecule has 0 spiro atoms. The average Bonchev–Trinajstić information content (AvgIpc) is 4.26. The van der Waals surface area contributed by atoms with Crippen LogP contribution in [0.2, 0.25) is 0 Å². The normalized spacial score (nSPS) is 12.8. The molecule has 6 aromatic rings. The van der Waals surface area contributed by atoms with E-state index >= 15 is 0 Å². The van der Waals surface area contributed by atoms with Gasteiger partial charge in [0.1, 0.15) is 34.7 Å². The van der Waals surface area contributed by atoms with E-state index in [4.69, 9.17) is 21.3 Å². The molecule has 2 aromatic heterocycles. The van der Waals surface area contributed by atoms with Crippen LogP contribution in [0.4, 0.5) is 0 Å². The minimum absolute atomic E-state index is 0. The number of carbonyl (C=O) groups is 3. The van der Waals surface area contributed by atoms with E-state index in [1.54, 1.807) is 49.5 Å². The van der Waals surface area contributed by atoms with Crippen LogP contribution in [0, 0.1) is 0 Å². The van der Waals surface area contributed by atoms with E-state index in [2.05, 4.69) is 31.4 Å². The van der Waals surface area contributed by atoms with Gasteiger partial charge in [0.05, 0.1) is 4.90 Å². The van der Waals surface area contributed by atoms with Crippen LogP contribution in [0.5, 0.6) is 17.2 Å². The number of amides is 3. The number of phenols is 3. The van der Waals surface area contributed by atoms with Crippen LogP contribution in [0.3, 0.4) is 0 Å². The number of H-pyrrole nitrogens is 1. The second kappa shape index (κ2) is 26.9. The maximum atomic E-state index is 14.8. The molecule has 1 unspecified atom stereocenters. The van der Waals surface area contributed by atoms with Gasteiger partial charge in [0.2, 0.25) is 5.91 Å². The van der Waals surface area contributed by atoms with E-state index in [0.717, 1.165) is 21.5 Å². The van der Waals surface area contributed by atoms with E-state index in [0.29, 0.717) is 44.8 Å². The number of carbonyl (C=O) groups excluding carboxylic acids is 3. The van der Waals surface area contributed by atoms with Gasteiger partial charge in [0.15, 0.2) is 26.5 Å².